The highest BCUT2D eigenvalue weighted by Gasteiger charge is 2.35. The van der Waals surface area contributed by atoms with Crippen LogP contribution in [0.2, 0.25) is 0 Å². The van der Waals surface area contributed by atoms with Crippen LogP contribution in [0.15, 0.2) is 89.7 Å². The maximum absolute atomic E-state index is 14.2. The molecule has 4 aromatic rings. The van der Waals surface area contributed by atoms with Crippen LogP contribution in [0, 0.1) is 11.7 Å². The zero-order valence-electron chi connectivity index (χ0n) is 22.5. The van der Waals surface area contributed by atoms with Crippen molar-refractivity contribution in [3.05, 3.63) is 118 Å². The number of aromatic nitrogens is 1. The Bertz CT molecular complexity index is 1680. The van der Waals surface area contributed by atoms with Crippen LogP contribution in [-0.4, -0.2) is 36.6 Å². The molecular weight excluding hydrogens is 523 g/mol. The molecule has 0 spiro atoms. The summed E-state index contributed by atoms with van der Waals surface area (Å²) < 4.78 is 21.3. The fraction of sp³-hybridized carbons (Fsp3) is 0.219. The lowest BCUT2D eigenvalue weighted by Crippen LogP contribution is -2.47. The Labute approximate surface area is 236 Å². The van der Waals surface area contributed by atoms with Crippen molar-refractivity contribution in [3.63, 3.8) is 0 Å². The van der Waals surface area contributed by atoms with E-state index in [1.54, 1.807) is 67.8 Å². The molecule has 0 saturated carbocycles. The molecule has 9 heteroatoms. The highest BCUT2D eigenvalue weighted by Crippen LogP contribution is 2.39. The molecule has 2 aliphatic rings. The number of anilines is 3. The Hall–Kier alpha value is -4.92. The molecule has 2 N–H and O–H groups in total. The van der Waals surface area contributed by atoms with E-state index in [1.165, 1.54) is 12.1 Å². The summed E-state index contributed by atoms with van der Waals surface area (Å²) in [6.45, 7) is 1.99. The fourth-order valence-electron chi connectivity index (χ4n) is 5.84. The van der Waals surface area contributed by atoms with Crippen molar-refractivity contribution >= 4 is 28.9 Å². The number of hydrogen-bond acceptors (Lipinski definition) is 5. The number of carbonyl (C=O) groups excluding carboxylic acids is 2. The number of para-hydroxylation sites is 1. The minimum Gasteiger partial charge on any atom is -0.497 e. The van der Waals surface area contributed by atoms with Crippen molar-refractivity contribution in [2.24, 2.45) is 5.92 Å². The van der Waals surface area contributed by atoms with Gasteiger partial charge < -0.3 is 24.8 Å². The zero-order valence-corrected chi connectivity index (χ0v) is 22.5. The van der Waals surface area contributed by atoms with Gasteiger partial charge in [0.1, 0.15) is 11.6 Å². The Morgan fingerprint density at radius 2 is 1.56 bits per heavy atom. The maximum Gasteiger partial charge on any atom is 0.255 e. The van der Waals surface area contributed by atoms with Gasteiger partial charge in [0, 0.05) is 48.4 Å². The van der Waals surface area contributed by atoms with Gasteiger partial charge in [-0.2, -0.15) is 0 Å². The average molecular weight is 553 g/mol. The normalized spacial score (nSPS) is 17.4. The first-order valence-electron chi connectivity index (χ1n) is 13.5. The van der Waals surface area contributed by atoms with Crippen LogP contribution in [0.3, 0.4) is 0 Å². The minimum absolute atomic E-state index is 0.0170. The number of ether oxygens (including phenoxy) is 1. The number of methoxy groups -OCH3 is 1. The molecule has 2 amide bonds. The number of amides is 2. The smallest absolute Gasteiger partial charge is 0.255 e. The molecule has 2 bridgehead atoms. The molecule has 2 aliphatic heterocycles. The number of fused-ring (bicyclic) bond motifs is 4. The molecule has 0 radical (unpaired) electrons. The molecular formula is C32H29FN4O4. The predicted molar refractivity (Wildman–Crippen MR) is 156 cm³/mol. The van der Waals surface area contributed by atoms with E-state index in [9.17, 15) is 18.8 Å². The Morgan fingerprint density at radius 3 is 2.34 bits per heavy atom. The van der Waals surface area contributed by atoms with Crippen LogP contribution in [0.4, 0.5) is 21.5 Å². The van der Waals surface area contributed by atoms with Gasteiger partial charge in [-0.15, -0.1) is 0 Å². The number of hydrogen-bond donors (Lipinski definition) is 2. The SMILES string of the molecule is COc1ccc(C(=O)Nc2cc(C(=O)Nc3ccccc3F)ccc2N2CC3CC(C2)c2cccc(=O)n2C3)cc1. The second-order valence-electron chi connectivity index (χ2n) is 10.5. The number of nitrogens with one attached hydrogen (secondary N) is 2. The second kappa shape index (κ2) is 10.9. The fourth-order valence-corrected chi connectivity index (χ4v) is 5.84. The molecule has 0 aliphatic carbocycles. The summed E-state index contributed by atoms with van der Waals surface area (Å²) in [4.78, 5) is 41.1. The highest BCUT2D eigenvalue weighted by molar-refractivity contribution is 6.09. The quantitative estimate of drug-likeness (QED) is 0.346. The van der Waals surface area contributed by atoms with Crippen molar-refractivity contribution in [2.45, 2.75) is 18.9 Å². The zero-order chi connectivity index (χ0) is 28.5. The number of carbonyl (C=O) groups is 2. The van der Waals surface area contributed by atoms with Gasteiger partial charge in [-0.3, -0.25) is 14.4 Å². The van der Waals surface area contributed by atoms with Gasteiger partial charge in [-0.25, -0.2) is 4.39 Å². The lowest BCUT2D eigenvalue weighted by molar-refractivity contribution is 0.101. The monoisotopic (exact) mass is 552 g/mol. The Kier molecular flexibility index (Phi) is 7.01. The summed E-state index contributed by atoms with van der Waals surface area (Å²) in [7, 11) is 1.56. The van der Waals surface area contributed by atoms with Crippen LogP contribution in [0.1, 0.15) is 38.7 Å². The van der Waals surface area contributed by atoms with Gasteiger partial charge in [0.15, 0.2) is 0 Å². The lowest BCUT2D eigenvalue weighted by Gasteiger charge is -2.44. The highest BCUT2D eigenvalue weighted by atomic mass is 19.1. The van der Waals surface area contributed by atoms with E-state index < -0.39 is 11.7 Å². The maximum atomic E-state index is 14.2. The van der Waals surface area contributed by atoms with Crippen molar-refractivity contribution in [1.82, 2.24) is 4.57 Å². The first kappa shape index (κ1) is 26.3. The number of benzene rings is 3. The van der Waals surface area contributed by atoms with E-state index >= 15 is 0 Å². The minimum atomic E-state index is -0.537. The molecule has 8 nitrogen and oxygen atoms in total. The molecule has 2 unspecified atom stereocenters. The van der Waals surface area contributed by atoms with E-state index in [-0.39, 0.29) is 34.6 Å². The summed E-state index contributed by atoms with van der Waals surface area (Å²) >= 11 is 0. The third-order valence-corrected chi connectivity index (χ3v) is 7.80. The standard InChI is InChI=1S/C32H29FN4O4/c1-41-24-12-9-21(10-13-24)31(39)35-27-16-22(32(40)34-26-6-3-2-5-25(26)33)11-14-29(27)36-17-20-15-23(19-36)28-7-4-8-30(38)37(28)18-20/h2-14,16,20,23H,15,17-19H2,1H3,(H,34,40)(H,35,39). The molecule has 208 valence electrons. The van der Waals surface area contributed by atoms with E-state index in [1.807, 2.05) is 16.7 Å². The summed E-state index contributed by atoms with van der Waals surface area (Å²) in [6, 6.07) is 23.2. The number of halogens is 1. The average Bonchev–Trinajstić information content (AvgIpc) is 2.99. The van der Waals surface area contributed by atoms with Gasteiger partial charge >= 0.3 is 0 Å². The molecule has 1 aromatic heterocycles. The van der Waals surface area contributed by atoms with Gasteiger partial charge in [-0.05, 0) is 73.0 Å². The van der Waals surface area contributed by atoms with Crippen LogP contribution in [0.5, 0.6) is 5.75 Å². The number of piperidine rings is 1. The third-order valence-electron chi connectivity index (χ3n) is 7.80. The van der Waals surface area contributed by atoms with Crippen LogP contribution < -0.4 is 25.8 Å². The molecule has 1 saturated heterocycles. The van der Waals surface area contributed by atoms with E-state index in [0.717, 1.165) is 17.8 Å². The van der Waals surface area contributed by atoms with Crippen molar-refractivity contribution in [1.29, 1.82) is 0 Å². The van der Waals surface area contributed by atoms with Gasteiger partial charge in [0.2, 0.25) is 0 Å². The van der Waals surface area contributed by atoms with Gasteiger partial charge in [0.05, 0.1) is 24.2 Å². The predicted octanol–water partition coefficient (Wildman–Crippen LogP) is 5.12. The molecule has 3 aromatic carbocycles. The van der Waals surface area contributed by atoms with Gasteiger partial charge in [-0.1, -0.05) is 18.2 Å². The first-order chi connectivity index (χ1) is 19.9. The molecule has 2 atom stereocenters. The van der Waals surface area contributed by atoms with E-state index in [4.69, 9.17) is 4.74 Å². The Morgan fingerprint density at radius 1 is 0.829 bits per heavy atom. The topological polar surface area (TPSA) is 92.7 Å². The van der Waals surface area contributed by atoms with Crippen molar-refractivity contribution in [3.8, 4) is 5.75 Å². The largest absolute Gasteiger partial charge is 0.497 e. The van der Waals surface area contributed by atoms with E-state index in [0.29, 0.717) is 36.6 Å². The third kappa shape index (κ3) is 5.30. The van der Waals surface area contributed by atoms with Crippen LogP contribution in [0.25, 0.3) is 0 Å². The number of nitrogens with zero attached hydrogens (tertiary/aromatic N) is 2. The van der Waals surface area contributed by atoms with Crippen molar-refractivity contribution in [2.75, 3.05) is 35.7 Å². The number of pyridine rings is 1. The van der Waals surface area contributed by atoms with Crippen LogP contribution >= 0.6 is 0 Å². The number of rotatable bonds is 6. The molecule has 41 heavy (non-hydrogen) atoms. The second-order valence-corrected chi connectivity index (χ2v) is 10.5. The van der Waals surface area contributed by atoms with Crippen molar-refractivity contribution < 1.29 is 18.7 Å². The van der Waals surface area contributed by atoms with Gasteiger partial charge in [0.25, 0.3) is 17.4 Å². The molecule has 1 fully saturated rings. The summed E-state index contributed by atoms with van der Waals surface area (Å²) in [5.41, 5.74) is 3.06. The molecule has 3 heterocycles. The summed E-state index contributed by atoms with van der Waals surface area (Å²) in [5.74, 6) is -0.320. The molecule has 6 rings (SSSR count). The summed E-state index contributed by atoms with van der Waals surface area (Å²) in [6.07, 6.45) is 0.983. The van der Waals surface area contributed by atoms with E-state index in [2.05, 4.69) is 15.5 Å². The lowest BCUT2D eigenvalue weighted by atomic mass is 9.83. The summed E-state index contributed by atoms with van der Waals surface area (Å²) in [5, 5.41) is 5.61. The first-order valence-corrected chi connectivity index (χ1v) is 13.5. The Balaban J connectivity index is 1.33. The van der Waals surface area contributed by atoms with Crippen LogP contribution in [-0.2, 0) is 6.54 Å².